The molecule has 134 valence electrons. The quantitative estimate of drug-likeness (QED) is 0.798. The van der Waals surface area contributed by atoms with Gasteiger partial charge in [0.1, 0.15) is 17.3 Å². The number of aromatic nitrogens is 1. The van der Waals surface area contributed by atoms with Crippen molar-refractivity contribution in [1.82, 2.24) is 9.88 Å². The molecule has 0 atom stereocenters. The Kier molecular flexibility index (Phi) is 6.77. The van der Waals surface area contributed by atoms with E-state index in [1.54, 1.807) is 20.4 Å². The summed E-state index contributed by atoms with van der Waals surface area (Å²) in [5, 5.41) is 2.82. The van der Waals surface area contributed by atoms with Crippen molar-refractivity contribution < 1.29 is 14.3 Å². The molecule has 1 aromatic carbocycles. The van der Waals surface area contributed by atoms with Crippen molar-refractivity contribution in [3.05, 3.63) is 47.7 Å². The van der Waals surface area contributed by atoms with Gasteiger partial charge >= 0.3 is 0 Å². The number of nitrogens with one attached hydrogen (secondary N) is 1. The Morgan fingerprint density at radius 1 is 1.08 bits per heavy atom. The summed E-state index contributed by atoms with van der Waals surface area (Å²) >= 11 is 0. The molecule has 0 fully saturated rings. The number of hydrogen-bond donors (Lipinski definition) is 1. The second kappa shape index (κ2) is 9.03. The second-order valence-corrected chi connectivity index (χ2v) is 6.06. The van der Waals surface area contributed by atoms with E-state index < -0.39 is 0 Å². The Morgan fingerprint density at radius 3 is 2.28 bits per heavy atom. The van der Waals surface area contributed by atoms with Gasteiger partial charge in [0.15, 0.2) is 0 Å². The van der Waals surface area contributed by atoms with Crippen molar-refractivity contribution in [1.29, 1.82) is 0 Å². The zero-order chi connectivity index (χ0) is 18.2. The highest BCUT2D eigenvalue weighted by molar-refractivity contribution is 5.89. The van der Waals surface area contributed by atoms with E-state index in [9.17, 15) is 4.79 Å². The zero-order valence-corrected chi connectivity index (χ0v) is 15.2. The summed E-state index contributed by atoms with van der Waals surface area (Å²) < 4.78 is 10.5. The summed E-state index contributed by atoms with van der Waals surface area (Å²) in [4.78, 5) is 18.5. The molecule has 1 amide bonds. The number of nitrogens with zero attached hydrogens (tertiary/aromatic N) is 2. The van der Waals surface area contributed by atoms with E-state index in [2.05, 4.69) is 15.2 Å². The fourth-order valence-electron chi connectivity index (χ4n) is 2.43. The summed E-state index contributed by atoms with van der Waals surface area (Å²) in [5.41, 5.74) is 2.09. The summed E-state index contributed by atoms with van der Waals surface area (Å²) in [6, 6.07) is 9.41. The Balaban J connectivity index is 1.90. The fourth-order valence-corrected chi connectivity index (χ4v) is 2.43. The normalized spacial score (nSPS) is 10.6. The molecule has 0 unspecified atom stereocenters. The molecular weight excluding hydrogens is 318 g/mol. The molecule has 0 aliphatic heterocycles. The van der Waals surface area contributed by atoms with Crippen LogP contribution in [0.2, 0.25) is 0 Å². The van der Waals surface area contributed by atoms with Gasteiger partial charge in [-0.25, -0.2) is 4.98 Å². The average molecular weight is 343 g/mol. The molecule has 25 heavy (non-hydrogen) atoms. The largest absolute Gasteiger partial charge is 0.497 e. The SMILES string of the molecule is COc1cc(CCC(=O)Nc2ccc(CN(C)C)cn2)cc(OC)c1. The van der Waals surface area contributed by atoms with Gasteiger partial charge in [-0.05, 0) is 49.8 Å². The highest BCUT2D eigenvalue weighted by Gasteiger charge is 2.07. The number of pyridine rings is 1. The van der Waals surface area contributed by atoms with E-state index in [1.807, 2.05) is 44.4 Å². The number of hydrogen-bond acceptors (Lipinski definition) is 5. The number of amides is 1. The zero-order valence-electron chi connectivity index (χ0n) is 15.2. The molecule has 6 nitrogen and oxygen atoms in total. The van der Waals surface area contributed by atoms with Crippen LogP contribution < -0.4 is 14.8 Å². The first-order valence-electron chi connectivity index (χ1n) is 8.11. The van der Waals surface area contributed by atoms with Gasteiger partial charge in [0.25, 0.3) is 0 Å². The third-order valence-corrected chi connectivity index (χ3v) is 3.64. The molecule has 0 aliphatic carbocycles. The predicted molar refractivity (Wildman–Crippen MR) is 98.1 cm³/mol. The summed E-state index contributed by atoms with van der Waals surface area (Å²) in [5.74, 6) is 1.92. The first-order valence-corrected chi connectivity index (χ1v) is 8.11. The number of carbonyl (C=O) groups is 1. The van der Waals surface area contributed by atoms with E-state index in [-0.39, 0.29) is 5.91 Å². The van der Waals surface area contributed by atoms with Crippen LogP contribution in [0.5, 0.6) is 11.5 Å². The Labute approximate surface area is 148 Å². The van der Waals surface area contributed by atoms with Crippen molar-refractivity contribution in [2.75, 3.05) is 33.6 Å². The molecule has 2 rings (SSSR count). The fraction of sp³-hybridized carbons (Fsp3) is 0.368. The summed E-state index contributed by atoms with van der Waals surface area (Å²) in [6.07, 6.45) is 2.73. The van der Waals surface area contributed by atoms with Gasteiger partial charge in [0, 0.05) is 25.2 Å². The maximum Gasteiger partial charge on any atom is 0.225 e. The molecular formula is C19H25N3O3. The smallest absolute Gasteiger partial charge is 0.225 e. The molecule has 6 heteroatoms. The molecule has 2 aromatic rings. The third kappa shape index (κ3) is 6.08. The average Bonchev–Trinajstić information content (AvgIpc) is 2.61. The van der Waals surface area contributed by atoms with Gasteiger partial charge in [0.05, 0.1) is 14.2 Å². The van der Waals surface area contributed by atoms with Gasteiger partial charge in [0.2, 0.25) is 5.91 Å². The number of methoxy groups -OCH3 is 2. The van der Waals surface area contributed by atoms with Gasteiger partial charge in [-0.15, -0.1) is 0 Å². The Morgan fingerprint density at radius 2 is 1.76 bits per heavy atom. The van der Waals surface area contributed by atoms with Gasteiger partial charge in [-0.1, -0.05) is 6.07 Å². The number of benzene rings is 1. The van der Waals surface area contributed by atoms with Crippen molar-refractivity contribution >= 4 is 11.7 Å². The van der Waals surface area contributed by atoms with E-state index in [4.69, 9.17) is 9.47 Å². The summed E-state index contributed by atoms with van der Waals surface area (Å²) in [6.45, 7) is 0.818. The molecule has 0 radical (unpaired) electrons. The number of aryl methyl sites for hydroxylation is 1. The van der Waals surface area contributed by atoms with E-state index in [1.165, 1.54) is 0 Å². The lowest BCUT2D eigenvalue weighted by molar-refractivity contribution is -0.116. The lowest BCUT2D eigenvalue weighted by Crippen LogP contribution is -2.14. The lowest BCUT2D eigenvalue weighted by Gasteiger charge is -2.10. The van der Waals surface area contributed by atoms with Crippen LogP contribution in [0.1, 0.15) is 17.5 Å². The first-order chi connectivity index (χ1) is 12.0. The standard InChI is InChI=1S/C19H25N3O3/c1-22(2)13-15-5-7-18(20-12-15)21-19(23)8-6-14-9-16(24-3)11-17(10-14)25-4/h5,7,9-12H,6,8,13H2,1-4H3,(H,20,21,23). The highest BCUT2D eigenvalue weighted by atomic mass is 16.5. The second-order valence-electron chi connectivity index (χ2n) is 6.06. The van der Waals surface area contributed by atoms with Gasteiger partial charge in [-0.3, -0.25) is 4.79 Å². The van der Waals surface area contributed by atoms with E-state index in [0.29, 0.717) is 30.2 Å². The van der Waals surface area contributed by atoms with Crippen molar-refractivity contribution in [2.24, 2.45) is 0 Å². The van der Waals surface area contributed by atoms with Crippen LogP contribution in [0.25, 0.3) is 0 Å². The number of carbonyl (C=O) groups excluding carboxylic acids is 1. The van der Waals surface area contributed by atoms with Crippen LogP contribution in [-0.2, 0) is 17.8 Å². The van der Waals surface area contributed by atoms with E-state index in [0.717, 1.165) is 17.7 Å². The van der Waals surface area contributed by atoms with Crippen LogP contribution in [0.4, 0.5) is 5.82 Å². The van der Waals surface area contributed by atoms with Crippen LogP contribution >= 0.6 is 0 Å². The van der Waals surface area contributed by atoms with Crippen molar-refractivity contribution in [3.63, 3.8) is 0 Å². The Bertz CT molecular complexity index is 677. The van der Waals surface area contributed by atoms with Gasteiger partial charge in [-0.2, -0.15) is 0 Å². The first kappa shape index (κ1) is 18.7. The maximum absolute atomic E-state index is 12.1. The van der Waals surface area contributed by atoms with Gasteiger partial charge < -0.3 is 19.7 Å². The molecule has 1 N–H and O–H groups in total. The molecule has 0 spiro atoms. The number of anilines is 1. The minimum absolute atomic E-state index is 0.0744. The molecule has 0 aliphatic rings. The molecule has 1 aromatic heterocycles. The van der Waals surface area contributed by atoms with Crippen LogP contribution in [0, 0.1) is 0 Å². The van der Waals surface area contributed by atoms with Crippen molar-refractivity contribution in [3.8, 4) is 11.5 Å². The number of ether oxygens (including phenoxy) is 2. The molecule has 0 saturated carbocycles. The minimum atomic E-state index is -0.0744. The Hall–Kier alpha value is -2.60. The van der Waals surface area contributed by atoms with Crippen LogP contribution in [-0.4, -0.2) is 44.1 Å². The van der Waals surface area contributed by atoms with Crippen LogP contribution in [0.15, 0.2) is 36.5 Å². The van der Waals surface area contributed by atoms with E-state index >= 15 is 0 Å². The predicted octanol–water partition coefficient (Wildman–Crippen LogP) is 2.73. The minimum Gasteiger partial charge on any atom is -0.497 e. The van der Waals surface area contributed by atoms with Crippen LogP contribution in [0.3, 0.4) is 0 Å². The maximum atomic E-state index is 12.1. The van der Waals surface area contributed by atoms with Crippen molar-refractivity contribution in [2.45, 2.75) is 19.4 Å². The molecule has 0 bridgehead atoms. The highest BCUT2D eigenvalue weighted by Crippen LogP contribution is 2.23. The number of rotatable bonds is 8. The topological polar surface area (TPSA) is 63.7 Å². The third-order valence-electron chi connectivity index (χ3n) is 3.64. The molecule has 0 saturated heterocycles. The summed E-state index contributed by atoms with van der Waals surface area (Å²) in [7, 11) is 7.22. The lowest BCUT2D eigenvalue weighted by atomic mass is 10.1. The monoisotopic (exact) mass is 343 g/mol. The molecule has 1 heterocycles.